The maximum absolute atomic E-state index is 13.8. The van der Waals surface area contributed by atoms with E-state index in [0.29, 0.717) is 36.7 Å². The average Bonchev–Trinajstić information content (AvgIpc) is 3.24. The molecule has 10 heteroatoms. The number of nitrogens with one attached hydrogen (secondary N) is 1. The molecule has 154 valence electrons. The largest absolute Gasteiger partial charge is 0.346 e. The molecule has 2 atom stereocenters. The first-order valence-electron chi connectivity index (χ1n) is 9.53. The minimum absolute atomic E-state index is 0.0151. The van der Waals surface area contributed by atoms with Crippen molar-refractivity contribution in [2.75, 3.05) is 4.31 Å². The first kappa shape index (κ1) is 19.8. The van der Waals surface area contributed by atoms with Crippen LogP contribution in [0.5, 0.6) is 0 Å². The molecule has 2 aromatic heterocycles. The van der Waals surface area contributed by atoms with Gasteiger partial charge in [-0.25, -0.2) is 13.4 Å². The standard InChI is InChI=1S/C20H19N5O4S/c21-12-14-5-4-6-15(11-14)24(30(28,29)16-7-2-1-3-8-16)19-17-9-10-22-20(17)23-13-18(19)25(26)27/h1-3,7-10,13-15H,4-6,11H2,(H,22,23). The van der Waals surface area contributed by atoms with E-state index in [1.165, 1.54) is 12.1 Å². The molecule has 0 aliphatic heterocycles. The van der Waals surface area contributed by atoms with Crippen molar-refractivity contribution in [2.24, 2.45) is 5.92 Å². The Morgan fingerprint density at radius 2 is 2.00 bits per heavy atom. The maximum Gasteiger partial charge on any atom is 0.312 e. The van der Waals surface area contributed by atoms with Crippen molar-refractivity contribution in [1.29, 1.82) is 5.26 Å². The Balaban J connectivity index is 1.99. The van der Waals surface area contributed by atoms with E-state index in [1.807, 2.05) is 0 Å². The van der Waals surface area contributed by atoms with E-state index in [1.54, 1.807) is 30.5 Å². The highest BCUT2D eigenvalue weighted by Crippen LogP contribution is 2.42. The van der Waals surface area contributed by atoms with E-state index in [0.717, 1.165) is 10.5 Å². The molecule has 2 unspecified atom stereocenters. The second-order valence-corrected chi connectivity index (χ2v) is 9.06. The van der Waals surface area contributed by atoms with Crippen molar-refractivity contribution < 1.29 is 13.3 Å². The summed E-state index contributed by atoms with van der Waals surface area (Å²) in [5, 5.41) is 21.6. The fraction of sp³-hybridized carbons (Fsp3) is 0.300. The van der Waals surface area contributed by atoms with Gasteiger partial charge in [0.1, 0.15) is 17.5 Å². The molecule has 1 aliphatic rings. The summed E-state index contributed by atoms with van der Waals surface area (Å²) in [4.78, 5) is 18.2. The number of hydrogen-bond donors (Lipinski definition) is 1. The fourth-order valence-corrected chi connectivity index (χ4v) is 5.79. The van der Waals surface area contributed by atoms with Gasteiger partial charge in [0.05, 0.1) is 21.3 Å². The zero-order valence-corrected chi connectivity index (χ0v) is 16.7. The van der Waals surface area contributed by atoms with Crippen LogP contribution >= 0.6 is 0 Å². The molecule has 1 aromatic carbocycles. The zero-order valence-electron chi connectivity index (χ0n) is 15.9. The van der Waals surface area contributed by atoms with Gasteiger partial charge >= 0.3 is 5.69 Å². The van der Waals surface area contributed by atoms with E-state index in [9.17, 15) is 23.8 Å². The number of H-pyrrole nitrogens is 1. The van der Waals surface area contributed by atoms with Crippen molar-refractivity contribution in [1.82, 2.24) is 9.97 Å². The number of aromatic nitrogens is 2. The Hall–Kier alpha value is -3.45. The smallest absolute Gasteiger partial charge is 0.312 e. The molecule has 0 bridgehead atoms. The quantitative estimate of drug-likeness (QED) is 0.489. The molecule has 0 spiro atoms. The first-order chi connectivity index (χ1) is 14.4. The molecule has 1 saturated carbocycles. The Morgan fingerprint density at radius 3 is 2.70 bits per heavy atom. The van der Waals surface area contributed by atoms with Gasteiger partial charge in [0, 0.05) is 18.2 Å². The number of hydrogen-bond acceptors (Lipinski definition) is 6. The van der Waals surface area contributed by atoms with Gasteiger partial charge in [0.25, 0.3) is 10.0 Å². The molecule has 4 rings (SSSR count). The van der Waals surface area contributed by atoms with Crippen LogP contribution in [0.1, 0.15) is 25.7 Å². The topological polar surface area (TPSA) is 133 Å². The Kier molecular flexibility index (Phi) is 5.13. The summed E-state index contributed by atoms with van der Waals surface area (Å²) in [6.07, 6.45) is 4.82. The molecular formula is C20H19N5O4S. The van der Waals surface area contributed by atoms with Gasteiger partial charge in [-0.3, -0.25) is 14.4 Å². The third kappa shape index (κ3) is 3.37. The van der Waals surface area contributed by atoms with Crippen LogP contribution in [-0.2, 0) is 10.0 Å². The minimum Gasteiger partial charge on any atom is -0.346 e. The number of pyridine rings is 1. The van der Waals surface area contributed by atoms with E-state index in [2.05, 4.69) is 16.0 Å². The number of anilines is 1. The molecule has 1 N–H and O–H groups in total. The monoisotopic (exact) mass is 425 g/mol. The summed E-state index contributed by atoms with van der Waals surface area (Å²) >= 11 is 0. The normalized spacial score (nSPS) is 19.3. The fourth-order valence-electron chi connectivity index (χ4n) is 4.05. The van der Waals surface area contributed by atoms with E-state index in [-0.39, 0.29) is 22.2 Å². The number of nitrogens with zero attached hydrogens (tertiary/aromatic N) is 4. The van der Waals surface area contributed by atoms with E-state index >= 15 is 0 Å². The highest BCUT2D eigenvalue weighted by molar-refractivity contribution is 7.93. The van der Waals surface area contributed by atoms with Crippen molar-refractivity contribution in [3.05, 3.63) is 58.9 Å². The average molecular weight is 425 g/mol. The number of nitriles is 1. The van der Waals surface area contributed by atoms with Gasteiger partial charge in [-0.2, -0.15) is 5.26 Å². The number of sulfonamides is 1. The molecule has 1 aliphatic carbocycles. The predicted molar refractivity (Wildman–Crippen MR) is 110 cm³/mol. The van der Waals surface area contributed by atoms with Gasteiger partial charge in [-0.15, -0.1) is 0 Å². The summed E-state index contributed by atoms with van der Waals surface area (Å²) in [6.45, 7) is 0. The Morgan fingerprint density at radius 1 is 1.23 bits per heavy atom. The Labute approximate surface area is 173 Å². The molecular weight excluding hydrogens is 406 g/mol. The number of fused-ring (bicyclic) bond motifs is 1. The summed E-state index contributed by atoms with van der Waals surface area (Å²) in [7, 11) is -4.13. The number of rotatable bonds is 5. The number of nitro groups is 1. The van der Waals surface area contributed by atoms with E-state index in [4.69, 9.17) is 0 Å². The van der Waals surface area contributed by atoms with Crippen LogP contribution in [0, 0.1) is 27.4 Å². The van der Waals surface area contributed by atoms with Crippen LogP contribution in [0.3, 0.4) is 0 Å². The van der Waals surface area contributed by atoms with Gasteiger partial charge in [0.15, 0.2) is 0 Å². The second kappa shape index (κ2) is 7.76. The van der Waals surface area contributed by atoms with Crippen molar-refractivity contribution >= 4 is 32.4 Å². The first-order valence-corrected chi connectivity index (χ1v) is 11.0. The van der Waals surface area contributed by atoms with Crippen LogP contribution in [0.4, 0.5) is 11.4 Å². The zero-order chi connectivity index (χ0) is 21.3. The van der Waals surface area contributed by atoms with Crippen molar-refractivity contribution in [3.63, 3.8) is 0 Å². The lowest BCUT2D eigenvalue weighted by Crippen LogP contribution is -2.43. The third-order valence-electron chi connectivity index (χ3n) is 5.42. The number of aromatic amines is 1. The molecule has 0 radical (unpaired) electrons. The summed E-state index contributed by atoms with van der Waals surface area (Å²) in [5.74, 6) is -0.306. The summed E-state index contributed by atoms with van der Waals surface area (Å²) in [6, 6.07) is 11.1. The molecule has 0 amide bonds. The van der Waals surface area contributed by atoms with Gasteiger partial charge in [-0.05, 0) is 37.5 Å². The third-order valence-corrected chi connectivity index (χ3v) is 7.28. The minimum atomic E-state index is -4.13. The highest BCUT2D eigenvalue weighted by atomic mass is 32.2. The SMILES string of the molecule is N#CC1CCCC(N(c2c([N+](=O)[O-])cnc3[nH]ccc23)S(=O)(=O)c2ccccc2)C1. The predicted octanol–water partition coefficient (Wildman–Crippen LogP) is 3.75. The molecule has 30 heavy (non-hydrogen) atoms. The Bertz CT molecular complexity index is 1230. The van der Waals surface area contributed by atoms with Crippen LogP contribution in [0.25, 0.3) is 11.0 Å². The molecule has 2 heterocycles. The second-order valence-electron chi connectivity index (χ2n) is 7.25. The van der Waals surface area contributed by atoms with Crippen LogP contribution in [0.2, 0.25) is 0 Å². The molecule has 1 fully saturated rings. The van der Waals surface area contributed by atoms with Crippen molar-refractivity contribution in [2.45, 2.75) is 36.6 Å². The molecule has 9 nitrogen and oxygen atoms in total. The van der Waals surface area contributed by atoms with Crippen LogP contribution < -0.4 is 4.31 Å². The van der Waals surface area contributed by atoms with E-state index < -0.39 is 21.0 Å². The van der Waals surface area contributed by atoms with Gasteiger partial charge < -0.3 is 4.98 Å². The lowest BCUT2D eigenvalue weighted by molar-refractivity contribution is -0.384. The highest BCUT2D eigenvalue weighted by Gasteiger charge is 2.40. The van der Waals surface area contributed by atoms with Crippen LogP contribution in [-0.4, -0.2) is 29.4 Å². The lowest BCUT2D eigenvalue weighted by atomic mass is 9.86. The van der Waals surface area contributed by atoms with Gasteiger partial charge in [0.2, 0.25) is 0 Å². The maximum atomic E-state index is 13.8. The lowest BCUT2D eigenvalue weighted by Gasteiger charge is -2.36. The van der Waals surface area contributed by atoms with Crippen molar-refractivity contribution in [3.8, 4) is 6.07 Å². The summed E-state index contributed by atoms with van der Waals surface area (Å²) in [5.41, 5.74) is -0.0455. The molecule has 0 saturated heterocycles. The van der Waals surface area contributed by atoms with Crippen LogP contribution in [0.15, 0.2) is 53.7 Å². The van der Waals surface area contributed by atoms with Gasteiger partial charge in [-0.1, -0.05) is 24.6 Å². The number of benzene rings is 1. The molecule has 3 aromatic rings. The summed E-state index contributed by atoms with van der Waals surface area (Å²) < 4.78 is 28.7.